The van der Waals surface area contributed by atoms with E-state index in [1.165, 1.54) is 12.1 Å². The highest BCUT2D eigenvalue weighted by atomic mass is 32.1. The topological polar surface area (TPSA) is 37.8 Å². The molecular weight excluding hydrogens is 220 g/mol. The molecule has 1 aromatic carbocycles. The van der Waals surface area contributed by atoms with Gasteiger partial charge >= 0.3 is 0 Å². The molecule has 0 aliphatic rings. The first-order chi connectivity index (χ1) is 7.20. The third-order valence-corrected chi connectivity index (χ3v) is 2.39. The molecule has 0 aliphatic carbocycles. The summed E-state index contributed by atoms with van der Waals surface area (Å²) in [5.74, 6) is -0.731. The molecule has 0 amide bonds. The number of aromatic nitrogens is 2. The normalized spacial score (nSPS) is 10.3. The van der Waals surface area contributed by atoms with Crippen LogP contribution in [0, 0.1) is 11.6 Å². The van der Waals surface area contributed by atoms with E-state index >= 15 is 0 Å². The molecule has 1 heterocycles. The molecule has 0 spiro atoms. The number of hydrogen-bond donors (Lipinski definition) is 1. The van der Waals surface area contributed by atoms with Crippen LogP contribution >= 0.6 is 11.7 Å². The van der Waals surface area contributed by atoms with Crippen LogP contribution in [0.15, 0.2) is 18.2 Å². The predicted octanol–water partition coefficient (Wildman–Crippen LogP) is 2.53. The zero-order valence-electron chi connectivity index (χ0n) is 7.79. The van der Waals surface area contributed by atoms with Crippen molar-refractivity contribution in [2.24, 2.45) is 0 Å². The highest BCUT2D eigenvalue weighted by Crippen LogP contribution is 2.26. The molecule has 2 aromatic rings. The van der Waals surface area contributed by atoms with Crippen molar-refractivity contribution < 1.29 is 8.78 Å². The van der Waals surface area contributed by atoms with Crippen LogP contribution in [0.3, 0.4) is 0 Å². The third kappa shape index (κ3) is 1.94. The molecule has 1 N–H and O–H groups in total. The van der Waals surface area contributed by atoms with E-state index in [2.05, 4.69) is 14.1 Å². The molecule has 0 saturated heterocycles. The van der Waals surface area contributed by atoms with Crippen molar-refractivity contribution in [3.63, 3.8) is 0 Å². The molecule has 0 aliphatic heterocycles. The molecule has 0 fully saturated rings. The summed E-state index contributed by atoms with van der Waals surface area (Å²) in [5.41, 5.74) is 0.839. The smallest absolute Gasteiger partial charge is 0.167 e. The lowest BCUT2D eigenvalue weighted by molar-refractivity contribution is 0.584. The standard InChI is InChI=1S/C9H7F2N3S/c1-12-9-8(13-15-14-9)5-2-6(10)4-7(11)3-5/h2-4H,1H3,(H,12,14). The molecule has 1 aromatic heterocycles. The molecule has 0 unspecified atom stereocenters. The molecule has 0 atom stereocenters. The Morgan fingerprint density at radius 1 is 1.13 bits per heavy atom. The zero-order valence-corrected chi connectivity index (χ0v) is 8.61. The molecule has 2 rings (SSSR count). The van der Waals surface area contributed by atoms with Crippen LogP contribution in [0.2, 0.25) is 0 Å². The van der Waals surface area contributed by atoms with Gasteiger partial charge in [0.25, 0.3) is 0 Å². The van der Waals surface area contributed by atoms with Crippen molar-refractivity contribution in [3.05, 3.63) is 29.8 Å². The first-order valence-electron chi connectivity index (χ1n) is 4.17. The number of benzene rings is 1. The van der Waals surface area contributed by atoms with Crippen molar-refractivity contribution in [2.75, 3.05) is 12.4 Å². The monoisotopic (exact) mass is 227 g/mol. The van der Waals surface area contributed by atoms with Gasteiger partial charge in [0, 0.05) is 18.7 Å². The van der Waals surface area contributed by atoms with E-state index in [4.69, 9.17) is 0 Å². The van der Waals surface area contributed by atoms with E-state index < -0.39 is 11.6 Å². The van der Waals surface area contributed by atoms with Crippen molar-refractivity contribution >= 4 is 17.5 Å². The first-order valence-corrected chi connectivity index (χ1v) is 4.90. The van der Waals surface area contributed by atoms with Crippen LogP contribution in [0.25, 0.3) is 11.3 Å². The second-order valence-corrected chi connectivity index (χ2v) is 3.40. The lowest BCUT2D eigenvalue weighted by Crippen LogP contribution is -1.92. The van der Waals surface area contributed by atoms with Crippen LogP contribution < -0.4 is 5.32 Å². The van der Waals surface area contributed by atoms with E-state index in [0.29, 0.717) is 17.1 Å². The van der Waals surface area contributed by atoms with Crippen molar-refractivity contribution in [1.29, 1.82) is 0 Å². The second-order valence-electron chi connectivity index (χ2n) is 2.87. The minimum Gasteiger partial charge on any atom is -0.370 e. The summed E-state index contributed by atoms with van der Waals surface area (Å²) in [6, 6.07) is 3.27. The summed E-state index contributed by atoms with van der Waals surface area (Å²) in [7, 11) is 1.68. The van der Waals surface area contributed by atoms with Gasteiger partial charge in [0.05, 0.1) is 11.7 Å². The van der Waals surface area contributed by atoms with Crippen LogP contribution in [0.1, 0.15) is 0 Å². The number of anilines is 1. The van der Waals surface area contributed by atoms with Gasteiger partial charge < -0.3 is 5.32 Å². The van der Waals surface area contributed by atoms with E-state index in [-0.39, 0.29) is 0 Å². The summed E-state index contributed by atoms with van der Waals surface area (Å²) in [6.07, 6.45) is 0. The average molecular weight is 227 g/mol. The van der Waals surface area contributed by atoms with E-state index in [1.54, 1.807) is 7.05 Å². The summed E-state index contributed by atoms with van der Waals surface area (Å²) in [6.45, 7) is 0. The maximum absolute atomic E-state index is 13.0. The number of hydrogen-bond acceptors (Lipinski definition) is 4. The fourth-order valence-electron chi connectivity index (χ4n) is 1.23. The van der Waals surface area contributed by atoms with Crippen molar-refractivity contribution in [3.8, 4) is 11.3 Å². The Labute approximate surface area is 89.1 Å². The molecule has 3 nitrogen and oxygen atoms in total. The highest BCUT2D eigenvalue weighted by molar-refractivity contribution is 6.99. The lowest BCUT2D eigenvalue weighted by Gasteiger charge is -2.00. The maximum Gasteiger partial charge on any atom is 0.167 e. The quantitative estimate of drug-likeness (QED) is 0.856. The minimum absolute atomic E-state index is 0.380. The summed E-state index contributed by atoms with van der Waals surface area (Å²) in [4.78, 5) is 0. The maximum atomic E-state index is 13.0. The van der Waals surface area contributed by atoms with E-state index in [0.717, 1.165) is 17.8 Å². The van der Waals surface area contributed by atoms with Gasteiger partial charge in [-0.3, -0.25) is 0 Å². The van der Waals surface area contributed by atoms with Crippen LogP contribution in [0.5, 0.6) is 0 Å². The molecule has 0 saturated carbocycles. The molecule has 78 valence electrons. The van der Waals surface area contributed by atoms with Gasteiger partial charge in [0.15, 0.2) is 5.82 Å². The number of rotatable bonds is 2. The first kappa shape index (κ1) is 9.97. The van der Waals surface area contributed by atoms with Gasteiger partial charge in [-0.2, -0.15) is 8.75 Å². The van der Waals surface area contributed by atoms with Gasteiger partial charge in [-0.25, -0.2) is 8.78 Å². The fraction of sp³-hybridized carbons (Fsp3) is 0.111. The van der Waals surface area contributed by atoms with Gasteiger partial charge in [-0.15, -0.1) is 0 Å². The number of halogens is 2. The number of nitrogens with one attached hydrogen (secondary N) is 1. The van der Waals surface area contributed by atoms with Crippen molar-refractivity contribution in [2.45, 2.75) is 0 Å². The minimum atomic E-state index is -0.625. The highest BCUT2D eigenvalue weighted by Gasteiger charge is 2.11. The SMILES string of the molecule is CNc1nsnc1-c1cc(F)cc(F)c1. The summed E-state index contributed by atoms with van der Waals surface area (Å²) in [5, 5.41) is 2.80. The third-order valence-electron chi connectivity index (χ3n) is 1.86. The molecule has 15 heavy (non-hydrogen) atoms. The Morgan fingerprint density at radius 2 is 1.80 bits per heavy atom. The van der Waals surface area contributed by atoms with Crippen LogP contribution in [0.4, 0.5) is 14.6 Å². The largest absolute Gasteiger partial charge is 0.370 e. The van der Waals surface area contributed by atoms with Crippen molar-refractivity contribution in [1.82, 2.24) is 8.75 Å². The predicted molar refractivity (Wildman–Crippen MR) is 54.8 cm³/mol. The Hall–Kier alpha value is -1.56. The molecular formula is C9H7F2N3S. The van der Waals surface area contributed by atoms with Gasteiger partial charge in [-0.1, -0.05) is 0 Å². The molecule has 0 bridgehead atoms. The Bertz CT molecular complexity index is 464. The van der Waals surface area contributed by atoms with E-state index in [1.807, 2.05) is 0 Å². The second kappa shape index (κ2) is 3.90. The summed E-state index contributed by atoms with van der Waals surface area (Å²) < 4.78 is 33.8. The zero-order chi connectivity index (χ0) is 10.8. The van der Waals surface area contributed by atoms with Gasteiger partial charge in [0.2, 0.25) is 0 Å². The summed E-state index contributed by atoms with van der Waals surface area (Å²) >= 11 is 0.990. The Balaban J connectivity index is 2.53. The Morgan fingerprint density at radius 3 is 2.40 bits per heavy atom. The van der Waals surface area contributed by atoms with Crippen LogP contribution in [-0.2, 0) is 0 Å². The van der Waals surface area contributed by atoms with Crippen LogP contribution in [-0.4, -0.2) is 15.8 Å². The fourth-order valence-corrected chi connectivity index (χ4v) is 1.81. The lowest BCUT2D eigenvalue weighted by atomic mass is 10.1. The van der Waals surface area contributed by atoms with E-state index in [9.17, 15) is 8.78 Å². The average Bonchev–Trinajstić information content (AvgIpc) is 2.63. The van der Waals surface area contributed by atoms with Gasteiger partial charge in [0.1, 0.15) is 17.3 Å². The Kier molecular flexibility index (Phi) is 2.59. The number of nitrogens with zero attached hydrogens (tertiary/aromatic N) is 2. The molecule has 6 heteroatoms. The molecule has 0 radical (unpaired) electrons. The van der Waals surface area contributed by atoms with Gasteiger partial charge in [-0.05, 0) is 12.1 Å².